The van der Waals surface area contributed by atoms with Crippen LogP contribution < -0.4 is 10.1 Å². The molecule has 6 atom stereocenters. The minimum atomic E-state index is -0.900. The van der Waals surface area contributed by atoms with E-state index < -0.39 is 18.2 Å². The first-order chi connectivity index (χ1) is 29.5. The number of hydrogen-bond acceptors (Lipinski definition) is 10. The number of Topliss-reactive ketones (excluding diaryl/α,β-unsaturated/α-hetero) is 1. The van der Waals surface area contributed by atoms with E-state index in [4.69, 9.17) is 14.2 Å². The maximum atomic E-state index is 14.2. The molecular formula is C48H58N4O8S. The molecule has 12 nitrogen and oxygen atoms in total. The number of β-amino-alcohol motifs (C(OH)–C–C–N with tert-alkyl or cyclic N) is 1. The lowest BCUT2D eigenvalue weighted by Gasteiger charge is -2.43. The average Bonchev–Trinajstić information content (AvgIpc) is 3.91. The van der Waals surface area contributed by atoms with Crippen molar-refractivity contribution in [2.45, 2.75) is 97.5 Å². The summed E-state index contributed by atoms with van der Waals surface area (Å²) in [5.74, 6) is 7.11. The summed E-state index contributed by atoms with van der Waals surface area (Å²) in [7, 11) is 0. The molecular weight excluding hydrogens is 793 g/mol. The first kappa shape index (κ1) is 44.2. The molecule has 2 aliphatic heterocycles. The summed E-state index contributed by atoms with van der Waals surface area (Å²) in [5.41, 5.74) is 5.82. The molecule has 2 fully saturated rings. The van der Waals surface area contributed by atoms with Crippen LogP contribution >= 0.6 is 11.3 Å². The quantitative estimate of drug-likeness (QED) is 0.0987. The van der Waals surface area contributed by atoms with Gasteiger partial charge in [0.25, 0.3) is 5.91 Å². The highest BCUT2D eigenvalue weighted by molar-refractivity contribution is 7.13. The zero-order valence-corrected chi connectivity index (χ0v) is 36.5. The molecule has 324 valence electrons. The Bertz CT molecular complexity index is 2170. The number of ether oxygens (including phenoxy) is 3. The largest absolute Gasteiger partial charge is 0.491 e. The Labute approximate surface area is 363 Å². The summed E-state index contributed by atoms with van der Waals surface area (Å²) < 4.78 is 17.8. The van der Waals surface area contributed by atoms with Crippen LogP contribution in [-0.2, 0) is 36.9 Å². The summed E-state index contributed by atoms with van der Waals surface area (Å²) in [5, 5.41) is 13.7. The molecule has 3 heterocycles. The van der Waals surface area contributed by atoms with E-state index in [2.05, 4.69) is 41.2 Å². The highest BCUT2D eigenvalue weighted by Crippen LogP contribution is 2.51. The Morgan fingerprint density at radius 3 is 2.61 bits per heavy atom. The van der Waals surface area contributed by atoms with E-state index in [0.717, 1.165) is 46.5 Å². The van der Waals surface area contributed by atoms with Gasteiger partial charge in [0.05, 0.1) is 42.0 Å². The first-order valence-electron chi connectivity index (χ1n) is 21.6. The van der Waals surface area contributed by atoms with Crippen LogP contribution in [0.3, 0.4) is 0 Å². The van der Waals surface area contributed by atoms with Crippen LogP contribution in [0.1, 0.15) is 86.5 Å². The zero-order valence-electron chi connectivity index (χ0n) is 35.7. The van der Waals surface area contributed by atoms with Gasteiger partial charge in [-0.05, 0) is 60.8 Å². The predicted molar refractivity (Wildman–Crippen MR) is 232 cm³/mol. The van der Waals surface area contributed by atoms with Crippen molar-refractivity contribution in [2.75, 3.05) is 39.6 Å². The van der Waals surface area contributed by atoms with Gasteiger partial charge < -0.3 is 34.4 Å². The highest BCUT2D eigenvalue weighted by Gasteiger charge is 2.47. The van der Waals surface area contributed by atoms with E-state index in [9.17, 15) is 24.3 Å². The fourth-order valence-corrected chi connectivity index (χ4v) is 10.2. The lowest BCUT2D eigenvalue weighted by atomic mass is 9.60. The van der Waals surface area contributed by atoms with Crippen molar-refractivity contribution in [3.63, 3.8) is 0 Å². The number of thiazole rings is 1. The third-order valence-corrected chi connectivity index (χ3v) is 13.7. The maximum absolute atomic E-state index is 14.2. The molecule has 1 saturated heterocycles. The number of amides is 3. The van der Waals surface area contributed by atoms with E-state index >= 15 is 0 Å². The third-order valence-electron chi connectivity index (χ3n) is 12.7. The zero-order chi connectivity index (χ0) is 43.1. The second kappa shape index (κ2) is 19.9. The SMILES string of the molecule is Cc1ncsc1-c1ccc(CNC(=O)[C@@H]2CC(O)CN2C(=O)[C@H](C(C)C)N2Cc3ccccc3C2=O)c(OCCOCCOCC#CCC2C(C)CCC(=O)CC23C=CC3)c1. The molecule has 2 N–H and O–H groups in total. The van der Waals surface area contributed by atoms with Gasteiger partial charge in [-0.2, -0.15) is 0 Å². The van der Waals surface area contributed by atoms with Crippen molar-refractivity contribution < 1.29 is 38.5 Å². The van der Waals surface area contributed by atoms with Crippen molar-refractivity contribution in [1.29, 1.82) is 0 Å². The number of rotatable bonds is 16. The Morgan fingerprint density at radius 1 is 1.08 bits per heavy atom. The standard InChI is InChI=1S/C48H58N4O8S/c1-31(2)43(52-28-36-10-5-6-11-39(36)46(52)56)47(57)51-29-38(54)25-41(51)45(55)49-27-35-15-14-34(44-33(4)50-30-61-44)24-42(35)60-23-22-59-21-20-58-19-8-7-12-40-32(3)13-16-37(53)26-48(40)17-9-18-48/h5-6,9-11,14-15,17,24,30-32,38,40-41,43,54H,12-13,16,18-23,25-29H2,1-4H3,(H,49,55)/t32?,38?,40?,41-,43-,48?/m0/s1. The van der Waals surface area contributed by atoms with Crippen molar-refractivity contribution >= 4 is 34.8 Å². The summed E-state index contributed by atoms with van der Waals surface area (Å²) >= 11 is 1.54. The second-order valence-electron chi connectivity index (χ2n) is 17.2. The number of benzene rings is 2. The van der Waals surface area contributed by atoms with E-state index in [1.54, 1.807) is 16.5 Å². The van der Waals surface area contributed by atoms with Gasteiger partial charge in [0.2, 0.25) is 11.8 Å². The highest BCUT2D eigenvalue weighted by atomic mass is 32.1. The summed E-state index contributed by atoms with van der Waals surface area (Å²) in [6.45, 7) is 10.1. The Morgan fingerprint density at radius 2 is 1.87 bits per heavy atom. The molecule has 0 radical (unpaired) electrons. The van der Waals surface area contributed by atoms with Crippen molar-refractivity contribution in [1.82, 2.24) is 20.1 Å². The second-order valence-corrected chi connectivity index (χ2v) is 18.1. The van der Waals surface area contributed by atoms with Crippen molar-refractivity contribution in [3.05, 3.63) is 82.5 Å². The number of aryl methyl sites for hydroxylation is 1. The van der Waals surface area contributed by atoms with E-state index in [1.807, 2.05) is 57.2 Å². The number of hydrogen-bond donors (Lipinski definition) is 2. The van der Waals surface area contributed by atoms with Crippen LogP contribution in [0.15, 0.2) is 60.1 Å². The van der Waals surface area contributed by atoms with E-state index in [0.29, 0.717) is 74.7 Å². The lowest BCUT2D eigenvalue weighted by molar-refractivity contribution is -0.143. The number of nitrogens with zero attached hydrogens (tertiary/aromatic N) is 3. The third kappa shape index (κ3) is 10.1. The molecule has 4 aliphatic rings. The fraction of sp³-hybridized carbons (Fsp3) is 0.521. The molecule has 2 aliphatic carbocycles. The minimum Gasteiger partial charge on any atom is -0.491 e. The number of carbonyl (C=O) groups is 4. The van der Waals surface area contributed by atoms with Crippen molar-refractivity contribution in [3.8, 4) is 28.0 Å². The van der Waals surface area contributed by atoms with Crippen LogP contribution in [0, 0.1) is 41.9 Å². The van der Waals surface area contributed by atoms with Crippen LogP contribution in [0.4, 0.5) is 0 Å². The lowest BCUT2D eigenvalue weighted by Crippen LogP contribution is -2.55. The molecule has 3 aromatic rings. The monoisotopic (exact) mass is 850 g/mol. The number of likely N-dealkylation sites (tertiary alicyclic amines) is 1. The number of allylic oxidation sites excluding steroid dienone is 2. The number of ketones is 1. The molecule has 2 aromatic carbocycles. The van der Waals surface area contributed by atoms with Gasteiger partial charge in [0, 0.05) is 61.9 Å². The predicted octanol–water partition coefficient (Wildman–Crippen LogP) is 6.13. The number of aliphatic hydroxyl groups is 1. The maximum Gasteiger partial charge on any atom is 0.255 e. The molecule has 4 unspecified atom stereocenters. The van der Waals surface area contributed by atoms with Gasteiger partial charge in [-0.15, -0.1) is 17.3 Å². The van der Waals surface area contributed by atoms with Gasteiger partial charge in [-0.3, -0.25) is 19.2 Å². The number of fused-ring (bicyclic) bond motifs is 1. The molecule has 0 bridgehead atoms. The number of aliphatic hydroxyl groups excluding tert-OH is 1. The molecule has 1 spiro atoms. The fourth-order valence-electron chi connectivity index (χ4n) is 9.37. The molecule has 1 aromatic heterocycles. The Kier molecular flexibility index (Phi) is 14.4. The van der Waals surface area contributed by atoms with E-state index in [1.165, 1.54) is 16.2 Å². The Balaban J connectivity index is 0.907. The van der Waals surface area contributed by atoms with Gasteiger partial charge in [0.15, 0.2) is 0 Å². The normalized spacial score (nSPS) is 23.7. The topological polar surface area (TPSA) is 148 Å². The summed E-state index contributed by atoms with van der Waals surface area (Å²) in [6, 6.07) is 11.5. The number of nitrogens with one attached hydrogen (secondary N) is 1. The van der Waals surface area contributed by atoms with Crippen LogP contribution in [-0.4, -0.2) is 101 Å². The molecule has 61 heavy (non-hydrogen) atoms. The van der Waals surface area contributed by atoms with Crippen LogP contribution in [0.5, 0.6) is 5.75 Å². The van der Waals surface area contributed by atoms with Gasteiger partial charge in [-0.25, -0.2) is 4.98 Å². The van der Waals surface area contributed by atoms with Crippen LogP contribution in [0.2, 0.25) is 0 Å². The Hall–Kier alpha value is -4.87. The molecule has 3 amide bonds. The average molecular weight is 851 g/mol. The molecule has 13 heteroatoms. The first-order valence-corrected chi connectivity index (χ1v) is 22.5. The van der Waals surface area contributed by atoms with Gasteiger partial charge in [-0.1, -0.05) is 69.2 Å². The van der Waals surface area contributed by atoms with Crippen LogP contribution in [0.25, 0.3) is 10.4 Å². The summed E-state index contributed by atoms with van der Waals surface area (Å²) in [4.78, 5) is 62.2. The van der Waals surface area contributed by atoms with Gasteiger partial charge in [0.1, 0.15) is 36.8 Å². The molecule has 7 rings (SSSR count). The van der Waals surface area contributed by atoms with Crippen molar-refractivity contribution in [2.24, 2.45) is 23.2 Å². The van der Waals surface area contributed by atoms with E-state index in [-0.39, 0.29) is 55.2 Å². The smallest absolute Gasteiger partial charge is 0.255 e. The molecule has 1 saturated carbocycles. The van der Waals surface area contributed by atoms with Gasteiger partial charge >= 0.3 is 0 Å². The number of aromatic nitrogens is 1. The minimum absolute atomic E-state index is 0.00716. The number of carbonyl (C=O) groups excluding carboxylic acids is 4. The summed E-state index contributed by atoms with van der Waals surface area (Å²) in [6.07, 6.45) is 7.61.